The normalized spacial score (nSPS) is 29.6. The molecular formula is C12H19NO11S. The molecule has 1 rings (SSSR count). The number of rotatable bonds is 6. The summed E-state index contributed by atoms with van der Waals surface area (Å²) in [7, 11) is -4.85. The Balaban J connectivity index is 3.15. The van der Waals surface area contributed by atoms with Crippen LogP contribution in [0, 0.1) is 0 Å². The Morgan fingerprint density at radius 1 is 1.08 bits per heavy atom. The number of aliphatic hydroxyl groups excluding tert-OH is 1. The Morgan fingerprint density at radius 2 is 1.60 bits per heavy atom. The van der Waals surface area contributed by atoms with Crippen LogP contribution in [0.1, 0.15) is 20.8 Å². The van der Waals surface area contributed by atoms with Gasteiger partial charge in [0.05, 0.1) is 6.61 Å². The summed E-state index contributed by atoms with van der Waals surface area (Å²) in [6.45, 7) is 2.36. The van der Waals surface area contributed by atoms with E-state index in [-0.39, 0.29) is 0 Å². The standard InChI is InChI=1S/C12H19NO11S/c1-5(14)13-9-11(23-7(3)16)10(22-6(2)15)8(24-12(9)17)4-21-25(18,19)20/h8-12,17H,4H2,1-3H3,(H,13,14)(H,18,19,20)/t8-,9-,10+,11-,12+/m1/s1. The van der Waals surface area contributed by atoms with Crippen molar-refractivity contribution >= 4 is 28.2 Å². The van der Waals surface area contributed by atoms with Crippen LogP contribution in [0.4, 0.5) is 0 Å². The number of hydrogen-bond acceptors (Lipinski definition) is 10. The van der Waals surface area contributed by atoms with Gasteiger partial charge in [-0.15, -0.1) is 0 Å². The number of aliphatic hydroxyl groups is 1. The van der Waals surface area contributed by atoms with E-state index in [1.165, 1.54) is 0 Å². The lowest BCUT2D eigenvalue weighted by Gasteiger charge is -2.43. The lowest BCUT2D eigenvalue weighted by atomic mass is 9.96. The number of carbonyl (C=O) groups excluding carboxylic acids is 3. The Hall–Kier alpha value is -1.80. The van der Waals surface area contributed by atoms with Gasteiger partial charge in [-0.3, -0.25) is 18.9 Å². The first-order chi connectivity index (χ1) is 11.4. The molecule has 3 N–H and O–H groups in total. The first kappa shape index (κ1) is 21.2. The number of esters is 2. The second-order valence-corrected chi connectivity index (χ2v) is 6.24. The van der Waals surface area contributed by atoms with Crippen molar-refractivity contribution in [3.8, 4) is 0 Å². The molecule has 0 saturated carbocycles. The van der Waals surface area contributed by atoms with Crippen LogP contribution in [0.5, 0.6) is 0 Å². The summed E-state index contributed by atoms with van der Waals surface area (Å²) < 4.78 is 49.3. The SMILES string of the molecule is CC(=O)N[C@@H]1[C@@H](OC(C)=O)[C@@H](OC(C)=O)[C@@H](COS(=O)(=O)O)O[C@@H]1O. The van der Waals surface area contributed by atoms with Gasteiger partial charge in [0.25, 0.3) is 0 Å². The molecule has 1 aliphatic heterocycles. The van der Waals surface area contributed by atoms with Crippen molar-refractivity contribution in [2.75, 3.05) is 6.61 Å². The van der Waals surface area contributed by atoms with Gasteiger partial charge in [-0.05, 0) is 0 Å². The van der Waals surface area contributed by atoms with Crippen molar-refractivity contribution < 1.29 is 50.9 Å². The van der Waals surface area contributed by atoms with E-state index in [4.69, 9.17) is 18.8 Å². The van der Waals surface area contributed by atoms with Crippen LogP contribution in [-0.2, 0) is 43.2 Å². The molecule has 1 saturated heterocycles. The highest BCUT2D eigenvalue weighted by molar-refractivity contribution is 7.80. The fraction of sp³-hybridized carbons (Fsp3) is 0.750. The van der Waals surface area contributed by atoms with E-state index in [9.17, 15) is 27.9 Å². The minimum Gasteiger partial charge on any atom is -0.456 e. The van der Waals surface area contributed by atoms with Gasteiger partial charge in [0.1, 0.15) is 12.1 Å². The third kappa shape index (κ3) is 6.91. The highest BCUT2D eigenvalue weighted by Gasteiger charge is 2.50. The summed E-state index contributed by atoms with van der Waals surface area (Å²) in [4.78, 5) is 34.0. The maximum absolute atomic E-state index is 11.3. The van der Waals surface area contributed by atoms with Crippen molar-refractivity contribution in [1.82, 2.24) is 5.32 Å². The molecule has 5 atom stereocenters. The Kier molecular flexibility index (Phi) is 7.25. The molecule has 144 valence electrons. The zero-order chi connectivity index (χ0) is 19.4. The summed E-state index contributed by atoms with van der Waals surface area (Å²) in [5.74, 6) is -2.25. The molecule has 1 aliphatic rings. The molecule has 13 heteroatoms. The van der Waals surface area contributed by atoms with Crippen LogP contribution in [0.25, 0.3) is 0 Å². The molecule has 0 aromatic carbocycles. The van der Waals surface area contributed by atoms with E-state index >= 15 is 0 Å². The summed E-state index contributed by atoms with van der Waals surface area (Å²) in [5.41, 5.74) is 0. The Morgan fingerprint density at radius 3 is 2.04 bits per heavy atom. The van der Waals surface area contributed by atoms with Crippen LogP contribution in [0.3, 0.4) is 0 Å². The lowest BCUT2D eigenvalue weighted by Crippen LogP contribution is -2.66. The van der Waals surface area contributed by atoms with E-state index in [1.807, 2.05) is 0 Å². The molecule has 0 aromatic rings. The number of carbonyl (C=O) groups is 3. The molecule has 0 radical (unpaired) electrons. The van der Waals surface area contributed by atoms with Gasteiger partial charge in [-0.2, -0.15) is 8.42 Å². The van der Waals surface area contributed by atoms with Crippen molar-refractivity contribution in [2.45, 2.75) is 51.4 Å². The van der Waals surface area contributed by atoms with E-state index in [0.29, 0.717) is 0 Å². The van der Waals surface area contributed by atoms with Crippen molar-refractivity contribution in [3.05, 3.63) is 0 Å². The maximum atomic E-state index is 11.3. The number of nitrogens with one attached hydrogen (secondary N) is 1. The minimum atomic E-state index is -4.85. The van der Waals surface area contributed by atoms with Gasteiger partial charge in [-0.25, -0.2) is 4.18 Å². The molecule has 12 nitrogen and oxygen atoms in total. The molecule has 1 fully saturated rings. The first-order valence-electron chi connectivity index (χ1n) is 6.97. The molecule has 0 unspecified atom stereocenters. The molecule has 1 heterocycles. The third-order valence-corrected chi connectivity index (χ3v) is 3.45. The highest BCUT2D eigenvalue weighted by atomic mass is 32.3. The Bertz CT molecular complexity index is 619. The van der Waals surface area contributed by atoms with Crippen LogP contribution in [-0.4, -0.2) is 73.2 Å². The smallest absolute Gasteiger partial charge is 0.397 e. The van der Waals surface area contributed by atoms with Gasteiger partial charge < -0.3 is 24.6 Å². The zero-order valence-electron chi connectivity index (χ0n) is 13.6. The van der Waals surface area contributed by atoms with Gasteiger partial charge >= 0.3 is 22.3 Å². The predicted molar refractivity (Wildman–Crippen MR) is 77.1 cm³/mol. The quantitative estimate of drug-likeness (QED) is 0.337. The average Bonchev–Trinajstić information content (AvgIpc) is 2.41. The first-order valence-corrected chi connectivity index (χ1v) is 8.34. The number of amides is 1. The largest absolute Gasteiger partial charge is 0.456 e. The summed E-state index contributed by atoms with van der Waals surface area (Å²) in [6.07, 6.45) is -5.99. The predicted octanol–water partition coefficient (Wildman–Crippen LogP) is -2.11. The van der Waals surface area contributed by atoms with Crippen molar-refractivity contribution in [2.24, 2.45) is 0 Å². The van der Waals surface area contributed by atoms with E-state index < -0.39 is 65.5 Å². The van der Waals surface area contributed by atoms with Gasteiger partial charge in [0, 0.05) is 20.8 Å². The van der Waals surface area contributed by atoms with Crippen LogP contribution >= 0.6 is 0 Å². The molecule has 25 heavy (non-hydrogen) atoms. The summed E-state index contributed by atoms with van der Waals surface area (Å²) in [5, 5.41) is 12.3. The van der Waals surface area contributed by atoms with E-state index in [2.05, 4.69) is 9.50 Å². The Labute approximate surface area is 143 Å². The topological polar surface area (TPSA) is 175 Å². The average molecular weight is 385 g/mol. The minimum absolute atomic E-state index is 0.598. The second-order valence-electron chi connectivity index (χ2n) is 5.15. The molecular weight excluding hydrogens is 366 g/mol. The fourth-order valence-electron chi connectivity index (χ4n) is 2.26. The number of ether oxygens (including phenoxy) is 3. The molecule has 1 amide bonds. The second kappa shape index (κ2) is 8.53. The highest BCUT2D eigenvalue weighted by Crippen LogP contribution is 2.26. The van der Waals surface area contributed by atoms with Crippen LogP contribution in [0.15, 0.2) is 0 Å². The summed E-state index contributed by atoms with van der Waals surface area (Å²) >= 11 is 0. The fourth-order valence-corrected chi connectivity index (χ4v) is 2.57. The van der Waals surface area contributed by atoms with Crippen LogP contribution in [0.2, 0.25) is 0 Å². The monoisotopic (exact) mass is 385 g/mol. The zero-order valence-corrected chi connectivity index (χ0v) is 14.4. The maximum Gasteiger partial charge on any atom is 0.397 e. The van der Waals surface area contributed by atoms with Crippen LogP contribution < -0.4 is 5.32 Å². The summed E-state index contributed by atoms with van der Waals surface area (Å²) in [6, 6.07) is -1.30. The van der Waals surface area contributed by atoms with Crippen molar-refractivity contribution in [1.29, 1.82) is 0 Å². The molecule has 0 bridgehead atoms. The van der Waals surface area contributed by atoms with Crippen molar-refractivity contribution in [3.63, 3.8) is 0 Å². The van der Waals surface area contributed by atoms with Gasteiger partial charge in [0.15, 0.2) is 18.5 Å². The van der Waals surface area contributed by atoms with E-state index in [1.54, 1.807) is 0 Å². The molecule has 0 spiro atoms. The van der Waals surface area contributed by atoms with E-state index in [0.717, 1.165) is 20.8 Å². The van der Waals surface area contributed by atoms with Gasteiger partial charge in [0.2, 0.25) is 5.91 Å². The number of hydrogen-bond donors (Lipinski definition) is 3. The lowest BCUT2D eigenvalue weighted by molar-refractivity contribution is -0.262. The third-order valence-electron chi connectivity index (χ3n) is 3.02. The molecule has 0 aliphatic carbocycles. The van der Waals surface area contributed by atoms with Gasteiger partial charge in [-0.1, -0.05) is 0 Å². The molecule has 0 aromatic heterocycles.